The standard InChI is InChI=1S/C22H20N2O3S/c1-15-5-3-4-6-19(15)23-21(26)22(16-11-12-28-14-16)13-20(25)24(22)17-7-9-18(27-2)10-8-17/h3-12,14H,13H2,1-2H3,(H,23,26). The summed E-state index contributed by atoms with van der Waals surface area (Å²) in [6, 6.07) is 16.7. The van der Waals surface area contributed by atoms with Crippen LogP contribution < -0.4 is 15.0 Å². The Morgan fingerprint density at radius 2 is 1.89 bits per heavy atom. The van der Waals surface area contributed by atoms with Gasteiger partial charge in [-0.2, -0.15) is 11.3 Å². The minimum Gasteiger partial charge on any atom is -0.497 e. The first-order valence-electron chi connectivity index (χ1n) is 8.93. The van der Waals surface area contributed by atoms with Crippen molar-refractivity contribution in [3.8, 4) is 5.75 Å². The summed E-state index contributed by atoms with van der Waals surface area (Å²) >= 11 is 1.51. The van der Waals surface area contributed by atoms with Crippen LogP contribution in [0.4, 0.5) is 11.4 Å². The number of ether oxygens (including phenoxy) is 1. The van der Waals surface area contributed by atoms with E-state index in [0.29, 0.717) is 11.4 Å². The summed E-state index contributed by atoms with van der Waals surface area (Å²) in [5.74, 6) is 0.397. The molecule has 28 heavy (non-hydrogen) atoms. The minimum atomic E-state index is -1.06. The highest BCUT2D eigenvalue weighted by molar-refractivity contribution is 7.08. The lowest BCUT2D eigenvalue weighted by Crippen LogP contribution is -2.67. The average molecular weight is 392 g/mol. The second kappa shape index (κ2) is 7.13. The fraction of sp³-hybridized carbons (Fsp3) is 0.182. The van der Waals surface area contributed by atoms with Crippen molar-refractivity contribution in [1.29, 1.82) is 0 Å². The second-order valence-electron chi connectivity index (χ2n) is 6.75. The van der Waals surface area contributed by atoms with Gasteiger partial charge in [-0.15, -0.1) is 0 Å². The molecule has 1 aliphatic rings. The molecule has 0 spiro atoms. The van der Waals surface area contributed by atoms with E-state index in [1.54, 1.807) is 36.3 Å². The monoisotopic (exact) mass is 392 g/mol. The Labute approximate surface area is 167 Å². The van der Waals surface area contributed by atoms with Gasteiger partial charge in [0.05, 0.1) is 13.5 Å². The molecular formula is C22H20N2O3S. The third kappa shape index (κ3) is 2.86. The smallest absolute Gasteiger partial charge is 0.255 e. The number of anilines is 2. The summed E-state index contributed by atoms with van der Waals surface area (Å²) in [6.07, 6.45) is 0.132. The predicted octanol–water partition coefficient (Wildman–Crippen LogP) is 4.34. The maximum atomic E-state index is 13.5. The number of carbonyl (C=O) groups excluding carboxylic acids is 2. The lowest BCUT2D eigenvalue weighted by Gasteiger charge is -2.50. The van der Waals surface area contributed by atoms with Crippen molar-refractivity contribution in [2.75, 3.05) is 17.3 Å². The van der Waals surface area contributed by atoms with Gasteiger partial charge in [0.15, 0.2) is 5.54 Å². The maximum absolute atomic E-state index is 13.5. The molecule has 1 unspecified atom stereocenters. The number of rotatable bonds is 5. The van der Waals surface area contributed by atoms with E-state index in [-0.39, 0.29) is 18.2 Å². The van der Waals surface area contributed by atoms with Gasteiger partial charge < -0.3 is 10.1 Å². The number of thiophene rings is 1. The van der Waals surface area contributed by atoms with Gasteiger partial charge in [-0.25, -0.2) is 0 Å². The molecule has 5 nitrogen and oxygen atoms in total. The van der Waals surface area contributed by atoms with Crippen molar-refractivity contribution in [3.05, 3.63) is 76.5 Å². The van der Waals surface area contributed by atoms with E-state index in [9.17, 15) is 9.59 Å². The first kappa shape index (κ1) is 18.3. The number of aryl methyl sites for hydroxylation is 1. The summed E-state index contributed by atoms with van der Waals surface area (Å²) in [6.45, 7) is 1.94. The third-order valence-electron chi connectivity index (χ3n) is 5.14. The third-order valence-corrected chi connectivity index (χ3v) is 5.82. The molecule has 4 rings (SSSR count). The number of hydrogen-bond donors (Lipinski definition) is 1. The van der Waals surface area contributed by atoms with Gasteiger partial charge in [0.25, 0.3) is 5.91 Å². The van der Waals surface area contributed by atoms with E-state index in [1.165, 1.54) is 11.3 Å². The van der Waals surface area contributed by atoms with Crippen LogP contribution in [0.5, 0.6) is 5.75 Å². The second-order valence-corrected chi connectivity index (χ2v) is 7.53. The van der Waals surface area contributed by atoms with E-state index in [2.05, 4.69) is 5.32 Å². The number of hydrogen-bond acceptors (Lipinski definition) is 4. The number of benzene rings is 2. The van der Waals surface area contributed by atoms with Crippen molar-refractivity contribution in [3.63, 3.8) is 0 Å². The molecule has 1 fully saturated rings. The van der Waals surface area contributed by atoms with Crippen LogP contribution >= 0.6 is 11.3 Å². The van der Waals surface area contributed by atoms with Crippen LogP contribution in [0, 0.1) is 6.92 Å². The number of carbonyl (C=O) groups is 2. The Bertz CT molecular complexity index is 1010. The Morgan fingerprint density at radius 1 is 1.14 bits per heavy atom. The summed E-state index contributed by atoms with van der Waals surface area (Å²) in [4.78, 5) is 27.7. The maximum Gasteiger partial charge on any atom is 0.255 e. The zero-order chi connectivity index (χ0) is 19.7. The zero-order valence-corrected chi connectivity index (χ0v) is 16.5. The van der Waals surface area contributed by atoms with Gasteiger partial charge in [0.2, 0.25) is 5.91 Å². The molecule has 0 radical (unpaired) electrons. The van der Waals surface area contributed by atoms with Crippen LogP contribution in [0.2, 0.25) is 0 Å². The molecule has 1 saturated heterocycles. The lowest BCUT2D eigenvalue weighted by atomic mass is 9.77. The van der Waals surface area contributed by atoms with Crippen molar-refractivity contribution in [2.45, 2.75) is 18.9 Å². The zero-order valence-electron chi connectivity index (χ0n) is 15.6. The molecule has 2 amide bonds. The number of nitrogens with zero attached hydrogens (tertiary/aromatic N) is 1. The van der Waals surface area contributed by atoms with Crippen molar-refractivity contribution >= 4 is 34.5 Å². The largest absolute Gasteiger partial charge is 0.497 e. The summed E-state index contributed by atoms with van der Waals surface area (Å²) in [7, 11) is 1.59. The number of methoxy groups -OCH3 is 1. The topological polar surface area (TPSA) is 58.6 Å². The van der Waals surface area contributed by atoms with Gasteiger partial charge in [0, 0.05) is 11.4 Å². The first-order chi connectivity index (χ1) is 13.6. The van der Waals surface area contributed by atoms with Crippen LogP contribution in [0.15, 0.2) is 65.4 Å². The molecule has 1 aliphatic heterocycles. The van der Waals surface area contributed by atoms with Crippen LogP contribution in [0.25, 0.3) is 0 Å². The molecule has 3 aromatic rings. The van der Waals surface area contributed by atoms with E-state index in [4.69, 9.17) is 4.74 Å². The number of para-hydroxylation sites is 1. The van der Waals surface area contributed by atoms with Gasteiger partial charge in [-0.1, -0.05) is 18.2 Å². The Hall–Kier alpha value is -3.12. The van der Waals surface area contributed by atoms with E-state index in [1.807, 2.05) is 48.0 Å². The molecule has 1 atom stereocenters. The number of amides is 2. The highest BCUT2D eigenvalue weighted by Crippen LogP contribution is 2.46. The lowest BCUT2D eigenvalue weighted by molar-refractivity contribution is -0.137. The fourth-order valence-electron chi connectivity index (χ4n) is 3.58. The molecular weight excluding hydrogens is 372 g/mol. The van der Waals surface area contributed by atoms with Crippen LogP contribution in [-0.4, -0.2) is 18.9 Å². The Kier molecular flexibility index (Phi) is 4.65. The SMILES string of the molecule is COc1ccc(N2C(=O)CC2(C(=O)Nc2ccccc2C)c2ccsc2)cc1. The first-order valence-corrected chi connectivity index (χ1v) is 9.87. The molecule has 1 aromatic heterocycles. The molecule has 142 valence electrons. The highest BCUT2D eigenvalue weighted by Gasteiger charge is 2.58. The quantitative estimate of drug-likeness (QED) is 0.657. The van der Waals surface area contributed by atoms with Gasteiger partial charge in [-0.3, -0.25) is 14.5 Å². The Balaban J connectivity index is 1.75. The number of β-lactam (4-membered cyclic amide) rings is 1. The van der Waals surface area contributed by atoms with E-state index >= 15 is 0 Å². The fourth-order valence-corrected chi connectivity index (χ4v) is 4.30. The van der Waals surface area contributed by atoms with Crippen LogP contribution in [0.1, 0.15) is 17.5 Å². The average Bonchev–Trinajstić information content (AvgIpc) is 3.23. The molecule has 2 aromatic carbocycles. The van der Waals surface area contributed by atoms with Gasteiger partial charge in [0.1, 0.15) is 5.75 Å². The van der Waals surface area contributed by atoms with Crippen molar-refractivity contribution in [2.24, 2.45) is 0 Å². The Morgan fingerprint density at radius 3 is 2.50 bits per heavy atom. The highest BCUT2D eigenvalue weighted by atomic mass is 32.1. The molecule has 2 heterocycles. The van der Waals surface area contributed by atoms with Gasteiger partial charge >= 0.3 is 0 Å². The minimum absolute atomic E-state index is 0.0868. The normalized spacial score (nSPS) is 18.5. The molecule has 0 bridgehead atoms. The molecule has 6 heteroatoms. The van der Waals surface area contributed by atoms with Crippen LogP contribution in [-0.2, 0) is 15.1 Å². The van der Waals surface area contributed by atoms with E-state index < -0.39 is 5.54 Å². The molecule has 0 saturated carbocycles. The van der Waals surface area contributed by atoms with Crippen molar-refractivity contribution < 1.29 is 14.3 Å². The van der Waals surface area contributed by atoms with Gasteiger partial charge in [-0.05, 0) is 65.2 Å². The summed E-state index contributed by atoms with van der Waals surface area (Å²) in [5, 5.41) is 6.89. The molecule has 1 N–H and O–H groups in total. The summed E-state index contributed by atoms with van der Waals surface area (Å²) < 4.78 is 5.21. The van der Waals surface area contributed by atoms with E-state index in [0.717, 1.165) is 16.8 Å². The molecule has 0 aliphatic carbocycles. The van der Waals surface area contributed by atoms with Crippen LogP contribution in [0.3, 0.4) is 0 Å². The van der Waals surface area contributed by atoms with Crippen molar-refractivity contribution in [1.82, 2.24) is 0 Å². The predicted molar refractivity (Wildman–Crippen MR) is 111 cm³/mol. The summed E-state index contributed by atoms with van der Waals surface area (Å²) in [5.41, 5.74) is 2.14. The number of nitrogens with one attached hydrogen (secondary N) is 1.